The number of hydrogen-bond acceptors (Lipinski definition) is 4. The third kappa shape index (κ3) is 5.06. The van der Waals surface area contributed by atoms with E-state index in [0.717, 1.165) is 18.3 Å². The Balaban J connectivity index is 1.71. The first-order chi connectivity index (χ1) is 13.7. The highest BCUT2D eigenvalue weighted by atomic mass is 15.3. The van der Waals surface area contributed by atoms with Crippen molar-refractivity contribution in [2.45, 2.75) is 52.0 Å². The van der Waals surface area contributed by atoms with Crippen LogP contribution >= 0.6 is 0 Å². The molecule has 0 saturated carbocycles. The van der Waals surface area contributed by atoms with Crippen LogP contribution < -0.4 is 32.8 Å². The minimum absolute atomic E-state index is 0.455. The van der Waals surface area contributed by atoms with E-state index in [2.05, 4.69) is 39.7 Å². The smallest absolute Gasteiger partial charge is 0.202 e. The van der Waals surface area contributed by atoms with Gasteiger partial charge in [0.1, 0.15) is 22.3 Å². The van der Waals surface area contributed by atoms with Crippen LogP contribution in [0.4, 0.5) is 0 Å². The molecule has 28 heavy (non-hydrogen) atoms. The van der Waals surface area contributed by atoms with Crippen LogP contribution in [0.5, 0.6) is 0 Å². The highest BCUT2D eigenvalue weighted by Crippen LogP contribution is 2.05. The molecule has 0 atom stereocenters. The molecule has 0 bridgehead atoms. The summed E-state index contributed by atoms with van der Waals surface area (Å²) >= 11 is 0. The molecule has 7 heteroatoms. The van der Waals surface area contributed by atoms with E-state index in [1.807, 2.05) is 22.8 Å². The predicted octanol–water partition coefficient (Wildman–Crippen LogP) is 0.890. The van der Waals surface area contributed by atoms with Crippen LogP contribution in [0.1, 0.15) is 51.0 Å². The van der Waals surface area contributed by atoms with Crippen LogP contribution in [0, 0.1) is 0 Å². The first-order valence-electron chi connectivity index (χ1n) is 10.1. The van der Waals surface area contributed by atoms with Gasteiger partial charge < -0.3 is 26.7 Å². The number of fused-ring (bicyclic) bond motifs is 1. The maximum absolute atomic E-state index is 6.34. The molecule has 3 rings (SSSR count). The van der Waals surface area contributed by atoms with Crippen LogP contribution in [-0.2, 0) is 6.54 Å². The summed E-state index contributed by atoms with van der Waals surface area (Å²) in [5, 5.41) is 7.69. The Kier molecular flexibility index (Phi) is 6.94. The molecular formula is C21H31N7. The predicted molar refractivity (Wildman–Crippen MR) is 114 cm³/mol. The zero-order valence-electron chi connectivity index (χ0n) is 16.6. The number of guanidine groups is 1. The standard InChI is InChI=1S/C21H31N7/c1-2-3-4-5-6-10-13-24-21-26-19(22)17-18(20(23)27-21)28(15-25-17)14-16-11-8-7-9-12-16/h7-9,11-12,15H,2-6,10,13-14,22-23H2,1H3,(H2,24,26,27). The van der Waals surface area contributed by atoms with E-state index in [9.17, 15) is 0 Å². The fourth-order valence-corrected chi connectivity index (χ4v) is 3.33. The van der Waals surface area contributed by atoms with E-state index < -0.39 is 0 Å². The van der Waals surface area contributed by atoms with Crippen molar-refractivity contribution < 1.29 is 0 Å². The molecule has 1 aliphatic rings. The Hall–Kier alpha value is -2.96. The van der Waals surface area contributed by atoms with E-state index in [1.54, 1.807) is 6.33 Å². The number of hydrogen-bond donors (Lipinski definition) is 4. The molecule has 2 heterocycles. The summed E-state index contributed by atoms with van der Waals surface area (Å²) in [6.45, 7) is 3.64. The second-order valence-electron chi connectivity index (χ2n) is 7.13. The van der Waals surface area contributed by atoms with Gasteiger partial charge in [-0.05, 0) is 12.0 Å². The molecule has 0 spiro atoms. The molecule has 6 N–H and O–H groups in total. The van der Waals surface area contributed by atoms with Crippen molar-refractivity contribution in [3.8, 4) is 0 Å². The molecular weight excluding hydrogens is 350 g/mol. The van der Waals surface area contributed by atoms with E-state index in [-0.39, 0.29) is 0 Å². The van der Waals surface area contributed by atoms with Gasteiger partial charge in [-0.1, -0.05) is 69.4 Å². The van der Waals surface area contributed by atoms with Crippen molar-refractivity contribution in [2.75, 3.05) is 6.54 Å². The maximum Gasteiger partial charge on any atom is 0.202 e. The molecule has 0 unspecified atom stereocenters. The van der Waals surface area contributed by atoms with Gasteiger partial charge in [0.05, 0.1) is 6.33 Å². The van der Waals surface area contributed by atoms with Crippen molar-refractivity contribution >= 4 is 17.6 Å². The van der Waals surface area contributed by atoms with E-state index >= 15 is 0 Å². The quantitative estimate of drug-likeness (QED) is 0.483. The number of imidazole rings is 1. The normalized spacial score (nSPS) is 15.1. The van der Waals surface area contributed by atoms with Gasteiger partial charge >= 0.3 is 0 Å². The van der Waals surface area contributed by atoms with Gasteiger partial charge in [-0.2, -0.15) is 0 Å². The molecule has 0 aliphatic carbocycles. The summed E-state index contributed by atoms with van der Waals surface area (Å²) in [5.41, 5.74) is 13.7. The third-order valence-electron chi connectivity index (χ3n) is 4.83. The second kappa shape index (κ2) is 9.82. The van der Waals surface area contributed by atoms with Gasteiger partial charge in [-0.15, -0.1) is 0 Å². The van der Waals surface area contributed by atoms with Crippen LogP contribution in [0.15, 0.2) is 41.7 Å². The zero-order valence-corrected chi connectivity index (χ0v) is 16.6. The van der Waals surface area contributed by atoms with Gasteiger partial charge in [0.15, 0.2) is 0 Å². The Morgan fingerprint density at radius 2 is 1.68 bits per heavy atom. The van der Waals surface area contributed by atoms with Gasteiger partial charge in [0.25, 0.3) is 0 Å². The van der Waals surface area contributed by atoms with E-state index in [4.69, 9.17) is 11.5 Å². The lowest BCUT2D eigenvalue weighted by atomic mass is 10.1. The molecule has 7 nitrogen and oxygen atoms in total. The summed E-state index contributed by atoms with van der Waals surface area (Å²) < 4.78 is 2.00. The minimum Gasteiger partial charge on any atom is -0.383 e. The fourth-order valence-electron chi connectivity index (χ4n) is 3.33. The van der Waals surface area contributed by atoms with Gasteiger partial charge in [0.2, 0.25) is 5.96 Å². The molecule has 0 amide bonds. The summed E-state index contributed by atoms with van der Waals surface area (Å²) in [6.07, 6.45) is 9.16. The molecule has 0 radical (unpaired) electrons. The lowest BCUT2D eigenvalue weighted by Crippen LogP contribution is -2.40. The summed E-state index contributed by atoms with van der Waals surface area (Å²) in [4.78, 5) is 9.05. The molecule has 1 aliphatic heterocycles. The van der Waals surface area contributed by atoms with Crippen LogP contribution in [0.25, 0.3) is 11.6 Å². The number of nitrogens with zero attached hydrogens (tertiary/aromatic N) is 3. The topological polar surface area (TPSA) is 106 Å². The lowest BCUT2D eigenvalue weighted by Gasteiger charge is -2.10. The molecule has 1 aromatic heterocycles. The minimum atomic E-state index is 0.455. The van der Waals surface area contributed by atoms with Crippen molar-refractivity contribution in [1.29, 1.82) is 0 Å². The maximum atomic E-state index is 6.34. The second-order valence-corrected chi connectivity index (χ2v) is 7.13. The number of benzene rings is 1. The van der Waals surface area contributed by atoms with Gasteiger partial charge in [-0.25, -0.2) is 4.98 Å². The Bertz CT molecular complexity index is 912. The number of rotatable bonds is 9. The average Bonchev–Trinajstić information content (AvgIpc) is 3.06. The summed E-state index contributed by atoms with van der Waals surface area (Å²) in [6, 6.07) is 10.2. The van der Waals surface area contributed by atoms with E-state index in [1.165, 1.54) is 37.7 Å². The first kappa shape index (κ1) is 19.8. The van der Waals surface area contributed by atoms with Crippen LogP contribution in [-0.4, -0.2) is 22.1 Å². The van der Waals surface area contributed by atoms with Crippen molar-refractivity contribution in [3.05, 3.63) is 52.9 Å². The van der Waals surface area contributed by atoms with E-state index in [0.29, 0.717) is 29.5 Å². The lowest BCUT2D eigenvalue weighted by molar-refractivity contribution is 0.612. The number of aliphatic imine (C=N–C) groups is 1. The molecule has 150 valence electrons. The van der Waals surface area contributed by atoms with Crippen molar-refractivity contribution in [3.63, 3.8) is 0 Å². The molecule has 2 aromatic rings. The fraction of sp³-hybridized carbons (Fsp3) is 0.429. The summed E-state index contributed by atoms with van der Waals surface area (Å²) in [7, 11) is 0. The SMILES string of the molecule is CCCCCCCCN=C1NC(N)=c2ncn(Cc3ccccc3)c2=C(N)N1. The molecule has 1 aromatic carbocycles. The molecule has 0 saturated heterocycles. The Labute approximate surface area is 166 Å². The average molecular weight is 382 g/mol. The zero-order chi connectivity index (χ0) is 19.8. The van der Waals surface area contributed by atoms with Gasteiger partial charge in [-0.3, -0.25) is 4.99 Å². The van der Waals surface area contributed by atoms with Gasteiger partial charge in [0, 0.05) is 13.1 Å². The monoisotopic (exact) mass is 381 g/mol. The number of aromatic nitrogens is 2. The highest BCUT2D eigenvalue weighted by Gasteiger charge is 2.13. The van der Waals surface area contributed by atoms with Crippen molar-refractivity contribution in [2.24, 2.45) is 16.5 Å². The first-order valence-corrected chi connectivity index (χ1v) is 10.1. The largest absolute Gasteiger partial charge is 0.383 e. The highest BCUT2D eigenvalue weighted by molar-refractivity contribution is 5.90. The molecule has 0 fully saturated rings. The van der Waals surface area contributed by atoms with Crippen LogP contribution in [0.3, 0.4) is 0 Å². The number of nitrogens with two attached hydrogens (primary N) is 2. The third-order valence-corrected chi connectivity index (χ3v) is 4.83. The van der Waals surface area contributed by atoms with Crippen LogP contribution in [0.2, 0.25) is 0 Å². The number of nitrogens with one attached hydrogen (secondary N) is 2. The Morgan fingerprint density at radius 1 is 0.964 bits per heavy atom. The Morgan fingerprint density at radius 3 is 2.46 bits per heavy atom. The summed E-state index contributed by atoms with van der Waals surface area (Å²) in [5.74, 6) is 1.53. The van der Waals surface area contributed by atoms with Crippen molar-refractivity contribution in [1.82, 2.24) is 20.2 Å². The number of unbranched alkanes of at least 4 members (excludes halogenated alkanes) is 5.